The van der Waals surface area contributed by atoms with Crippen LogP contribution in [0.2, 0.25) is 0 Å². The summed E-state index contributed by atoms with van der Waals surface area (Å²) < 4.78 is 0. The molecule has 0 aromatic heterocycles. The smallest absolute Gasteiger partial charge is 0.0894 e. The Bertz CT molecular complexity index is 134. The van der Waals surface area contributed by atoms with Crippen LogP contribution in [0, 0.1) is 5.41 Å². The zero-order chi connectivity index (χ0) is 9.03. The van der Waals surface area contributed by atoms with Gasteiger partial charge in [0.05, 0.1) is 12.7 Å². The van der Waals surface area contributed by atoms with E-state index >= 15 is 0 Å². The Morgan fingerprint density at radius 2 is 2.17 bits per heavy atom. The molecule has 1 aliphatic carbocycles. The maximum Gasteiger partial charge on any atom is 0.0894 e. The van der Waals surface area contributed by atoms with Gasteiger partial charge in [0, 0.05) is 13.1 Å². The van der Waals surface area contributed by atoms with E-state index in [9.17, 15) is 0 Å². The lowest BCUT2D eigenvalue weighted by atomic mass is 9.70. The minimum absolute atomic E-state index is 0.149. The van der Waals surface area contributed by atoms with E-state index in [1.807, 2.05) is 0 Å². The fraction of sp³-hybridized carbons (Fsp3) is 1.00. The standard InChI is InChI=1S/C9H19NO2/c1-9(3-2-4-9)7-10-5-8(12)6-11/h8,10-12H,2-7H2,1H3/t8-/m0/s1. The van der Waals surface area contributed by atoms with Crippen molar-refractivity contribution in [2.45, 2.75) is 32.3 Å². The molecule has 1 fully saturated rings. The van der Waals surface area contributed by atoms with Crippen LogP contribution in [0.25, 0.3) is 0 Å². The van der Waals surface area contributed by atoms with E-state index in [1.165, 1.54) is 19.3 Å². The SMILES string of the molecule is CC1(CNC[C@H](O)CO)CCC1. The van der Waals surface area contributed by atoms with Gasteiger partial charge in [0.2, 0.25) is 0 Å². The van der Waals surface area contributed by atoms with Crippen molar-refractivity contribution in [3.05, 3.63) is 0 Å². The Morgan fingerprint density at radius 3 is 2.58 bits per heavy atom. The van der Waals surface area contributed by atoms with Gasteiger partial charge >= 0.3 is 0 Å². The second kappa shape index (κ2) is 4.21. The number of hydrogen-bond donors (Lipinski definition) is 3. The highest BCUT2D eigenvalue weighted by Gasteiger charge is 2.30. The number of aliphatic hydroxyl groups excluding tert-OH is 2. The Labute approximate surface area is 73.8 Å². The molecule has 1 saturated carbocycles. The van der Waals surface area contributed by atoms with Crippen molar-refractivity contribution in [3.63, 3.8) is 0 Å². The summed E-state index contributed by atoms with van der Waals surface area (Å²) in [6.07, 6.45) is 3.30. The molecular weight excluding hydrogens is 154 g/mol. The zero-order valence-corrected chi connectivity index (χ0v) is 7.71. The molecule has 0 aliphatic heterocycles. The molecule has 0 amide bonds. The first-order valence-corrected chi connectivity index (χ1v) is 4.66. The summed E-state index contributed by atoms with van der Waals surface area (Å²) in [7, 11) is 0. The predicted octanol–water partition coefficient (Wildman–Crippen LogP) is 0.119. The Hall–Kier alpha value is -0.120. The van der Waals surface area contributed by atoms with E-state index in [0.717, 1.165) is 6.54 Å². The molecule has 0 saturated heterocycles. The molecule has 3 N–H and O–H groups in total. The van der Waals surface area contributed by atoms with Crippen molar-refractivity contribution < 1.29 is 10.2 Å². The van der Waals surface area contributed by atoms with E-state index in [-0.39, 0.29) is 6.61 Å². The van der Waals surface area contributed by atoms with Crippen LogP contribution in [-0.4, -0.2) is 36.0 Å². The van der Waals surface area contributed by atoms with Gasteiger partial charge in [0.15, 0.2) is 0 Å². The first kappa shape index (κ1) is 9.96. The summed E-state index contributed by atoms with van der Waals surface area (Å²) >= 11 is 0. The van der Waals surface area contributed by atoms with E-state index in [4.69, 9.17) is 10.2 Å². The average molecular weight is 173 g/mol. The summed E-state index contributed by atoms with van der Waals surface area (Å²) in [5.41, 5.74) is 0.454. The monoisotopic (exact) mass is 173 g/mol. The van der Waals surface area contributed by atoms with Crippen molar-refractivity contribution in [1.29, 1.82) is 0 Å². The lowest BCUT2D eigenvalue weighted by molar-refractivity contribution is 0.0850. The van der Waals surface area contributed by atoms with Gasteiger partial charge in [-0.1, -0.05) is 13.3 Å². The first-order chi connectivity index (χ1) is 5.66. The molecule has 12 heavy (non-hydrogen) atoms. The molecule has 0 radical (unpaired) electrons. The zero-order valence-electron chi connectivity index (χ0n) is 7.71. The van der Waals surface area contributed by atoms with Gasteiger partial charge in [0.1, 0.15) is 0 Å². The van der Waals surface area contributed by atoms with Crippen molar-refractivity contribution in [2.75, 3.05) is 19.7 Å². The lowest BCUT2D eigenvalue weighted by Gasteiger charge is -2.38. The van der Waals surface area contributed by atoms with Crippen LogP contribution < -0.4 is 5.32 Å². The summed E-state index contributed by atoms with van der Waals surface area (Å²) in [6, 6.07) is 0. The van der Waals surface area contributed by atoms with E-state index in [1.54, 1.807) is 0 Å². The molecular formula is C9H19NO2. The minimum atomic E-state index is -0.603. The molecule has 0 bridgehead atoms. The van der Waals surface area contributed by atoms with Crippen LogP contribution in [-0.2, 0) is 0 Å². The maximum atomic E-state index is 9.03. The van der Waals surface area contributed by atoms with E-state index < -0.39 is 6.10 Å². The third-order valence-corrected chi connectivity index (χ3v) is 2.70. The third-order valence-electron chi connectivity index (χ3n) is 2.70. The summed E-state index contributed by atoms with van der Waals surface area (Å²) in [5, 5.41) is 20.7. The molecule has 0 aromatic rings. The minimum Gasteiger partial charge on any atom is -0.394 e. The average Bonchev–Trinajstić information content (AvgIpc) is 2.01. The van der Waals surface area contributed by atoms with Crippen LogP contribution >= 0.6 is 0 Å². The van der Waals surface area contributed by atoms with Gasteiger partial charge in [-0.25, -0.2) is 0 Å². The fourth-order valence-electron chi connectivity index (χ4n) is 1.56. The highest BCUT2D eigenvalue weighted by Crippen LogP contribution is 2.39. The van der Waals surface area contributed by atoms with Crippen LogP contribution in [0.15, 0.2) is 0 Å². The molecule has 3 nitrogen and oxygen atoms in total. The van der Waals surface area contributed by atoms with Gasteiger partial charge in [-0.2, -0.15) is 0 Å². The molecule has 3 heteroatoms. The number of rotatable bonds is 5. The third kappa shape index (κ3) is 2.73. The van der Waals surface area contributed by atoms with E-state index in [2.05, 4.69) is 12.2 Å². The molecule has 1 aliphatic rings. The molecule has 0 heterocycles. The summed E-state index contributed by atoms with van der Waals surface area (Å²) in [6.45, 7) is 3.58. The fourth-order valence-corrected chi connectivity index (χ4v) is 1.56. The topological polar surface area (TPSA) is 52.5 Å². The maximum absolute atomic E-state index is 9.03. The first-order valence-electron chi connectivity index (χ1n) is 4.66. The van der Waals surface area contributed by atoms with Gasteiger partial charge in [-0.15, -0.1) is 0 Å². The van der Waals surface area contributed by atoms with Crippen LogP contribution in [0.5, 0.6) is 0 Å². The lowest BCUT2D eigenvalue weighted by Crippen LogP contribution is -2.40. The van der Waals surface area contributed by atoms with Crippen LogP contribution in [0.3, 0.4) is 0 Å². The molecule has 1 rings (SSSR count). The van der Waals surface area contributed by atoms with Crippen LogP contribution in [0.4, 0.5) is 0 Å². The van der Waals surface area contributed by atoms with Crippen molar-refractivity contribution in [3.8, 4) is 0 Å². The molecule has 1 atom stereocenters. The Kier molecular flexibility index (Phi) is 3.50. The summed E-state index contributed by atoms with van der Waals surface area (Å²) in [4.78, 5) is 0. The summed E-state index contributed by atoms with van der Waals surface area (Å²) in [5.74, 6) is 0. The highest BCUT2D eigenvalue weighted by atomic mass is 16.3. The second-order valence-electron chi connectivity index (χ2n) is 4.13. The number of nitrogens with one attached hydrogen (secondary N) is 1. The quantitative estimate of drug-likeness (QED) is 0.553. The van der Waals surface area contributed by atoms with E-state index in [0.29, 0.717) is 12.0 Å². The van der Waals surface area contributed by atoms with Crippen molar-refractivity contribution in [1.82, 2.24) is 5.32 Å². The Balaban J connectivity index is 2.01. The normalized spacial score (nSPS) is 23.2. The van der Waals surface area contributed by atoms with Crippen LogP contribution in [0.1, 0.15) is 26.2 Å². The van der Waals surface area contributed by atoms with Gasteiger partial charge < -0.3 is 15.5 Å². The van der Waals surface area contributed by atoms with Gasteiger partial charge in [-0.05, 0) is 18.3 Å². The Morgan fingerprint density at radius 1 is 1.50 bits per heavy atom. The molecule has 72 valence electrons. The molecule has 0 spiro atoms. The van der Waals surface area contributed by atoms with Gasteiger partial charge in [-0.3, -0.25) is 0 Å². The number of hydrogen-bond acceptors (Lipinski definition) is 3. The van der Waals surface area contributed by atoms with Crippen molar-refractivity contribution >= 4 is 0 Å². The second-order valence-corrected chi connectivity index (χ2v) is 4.13. The number of aliphatic hydroxyl groups is 2. The predicted molar refractivity (Wildman–Crippen MR) is 47.9 cm³/mol. The van der Waals surface area contributed by atoms with Gasteiger partial charge in [0.25, 0.3) is 0 Å². The molecule has 0 unspecified atom stereocenters. The molecule has 0 aromatic carbocycles. The van der Waals surface area contributed by atoms with Crippen molar-refractivity contribution in [2.24, 2.45) is 5.41 Å². The largest absolute Gasteiger partial charge is 0.394 e. The highest BCUT2D eigenvalue weighted by molar-refractivity contribution is 4.85.